The van der Waals surface area contributed by atoms with Gasteiger partial charge in [-0.3, -0.25) is 9.59 Å². The van der Waals surface area contributed by atoms with Crippen molar-refractivity contribution in [2.45, 2.75) is 73.3 Å². The third-order valence-electron chi connectivity index (χ3n) is 4.69. The Morgan fingerprint density at radius 3 is 2.27 bits per heavy atom. The largest absolute Gasteiger partial charge is 0.388 e. The number of hydrogen-bond donors (Lipinski definition) is 1. The number of rotatable bonds is 12. The molecule has 0 rings (SSSR count). The van der Waals surface area contributed by atoms with Gasteiger partial charge in [-0.25, -0.2) is 0 Å². The standard InChI is InChI=1S/C23H36O3/c1-7-17(2)13-11-9-8-10-12-14-18(3)22(25)16-23(26)20(5)15-19(4)21(6)24/h8-11,13,15,18-19,23,26H,7,12,14,16H2,1-6H3/b10-8+,11-9+,17-13+,20-15+/t18?,19-,23?/m1/s1. The summed E-state index contributed by atoms with van der Waals surface area (Å²) in [7, 11) is 0. The second-order valence-corrected chi connectivity index (χ2v) is 7.15. The van der Waals surface area contributed by atoms with Crippen LogP contribution in [-0.2, 0) is 9.59 Å². The van der Waals surface area contributed by atoms with Gasteiger partial charge in [0.05, 0.1) is 6.10 Å². The van der Waals surface area contributed by atoms with E-state index in [0.29, 0.717) is 5.57 Å². The van der Waals surface area contributed by atoms with Gasteiger partial charge >= 0.3 is 0 Å². The van der Waals surface area contributed by atoms with E-state index in [1.807, 2.05) is 25.2 Å². The number of ketones is 2. The van der Waals surface area contributed by atoms with Gasteiger partial charge in [0.15, 0.2) is 0 Å². The lowest BCUT2D eigenvalue weighted by Gasteiger charge is -2.15. The van der Waals surface area contributed by atoms with Crippen LogP contribution in [0.25, 0.3) is 0 Å². The quantitative estimate of drug-likeness (QED) is 0.376. The molecule has 0 aliphatic carbocycles. The highest BCUT2D eigenvalue weighted by Gasteiger charge is 2.18. The molecule has 0 aliphatic heterocycles. The van der Waals surface area contributed by atoms with Crippen molar-refractivity contribution in [1.29, 1.82) is 0 Å². The molecule has 0 aliphatic rings. The predicted octanol–water partition coefficient (Wildman–Crippen LogP) is 5.36. The predicted molar refractivity (Wildman–Crippen MR) is 110 cm³/mol. The highest BCUT2D eigenvalue weighted by Crippen LogP contribution is 2.16. The molecular weight excluding hydrogens is 324 g/mol. The first kappa shape index (κ1) is 24.3. The Hall–Kier alpha value is -1.74. The molecular formula is C23H36O3. The lowest BCUT2D eigenvalue weighted by Crippen LogP contribution is -2.20. The van der Waals surface area contributed by atoms with Crippen molar-refractivity contribution >= 4 is 11.6 Å². The van der Waals surface area contributed by atoms with Crippen LogP contribution in [0.5, 0.6) is 0 Å². The molecule has 0 radical (unpaired) electrons. The lowest BCUT2D eigenvalue weighted by molar-refractivity contribution is -0.124. The minimum absolute atomic E-state index is 0.0532. The van der Waals surface area contributed by atoms with Crippen molar-refractivity contribution in [2.75, 3.05) is 0 Å². The van der Waals surface area contributed by atoms with E-state index in [4.69, 9.17) is 0 Å². The van der Waals surface area contributed by atoms with Crippen LogP contribution < -0.4 is 0 Å². The second kappa shape index (κ2) is 13.5. The molecule has 2 unspecified atom stereocenters. The van der Waals surface area contributed by atoms with Gasteiger partial charge in [0, 0.05) is 18.3 Å². The molecule has 3 nitrogen and oxygen atoms in total. The SMILES string of the molecule is CC/C(C)=C/C=C/C=C/CCC(C)C(=O)CC(O)/C(C)=C/[C@@H](C)C(C)=O. The summed E-state index contributed by atoms with van der Waals surface area (Å²) < 4.78 is 0. The minimum Gasteiger partial charge on any atom is -0.388 e. The zero-order valence-electron chi connectivity index (χ0n) is 17.3. The smallest absolute Gasteiger partial charge is 0.138 e. The Labute approximate surface area is 159 Å². The maximum atomic E-state index is 12.3. The number of aliphatic hydroxyl groups excluding tert-OH is 1. The molecule has 0 fully saturated rings. The number of aliphatic hydroxyl groups is 1. The monoisotopic (exact) mass is 360 g/mol. The summed E-state index contributed by atoms with van der Waals surface area (Å²) in [6, 6.07) is 0. The van der Waals surface area contributed by atoms with Crippen LogP contribution in [0.3, 0.4) is 0 Å². The first-order chi connectivity index (χ1) is 12.2. The van der Waals surface area contributed by atoms with E-state index in [1.54, 1.807) is 19.9 Å². The normalized spacial score (nSPS) is 16.9. The summed E-state index contributed by atoms with van der Waals surface area (Å²) in [4.78, 5) is 23.5. The summed E-state index contributed by atoms with van der Waals surface area (Å²) in [5.74, 6) is -0.200. The zero-order valence-corrected chi connectivity index (χ0v) is 17.3. The fourth-order valence-electron chi connectivity index (χ4n) is 2.26. The molecule has 0 bridgehead atoms. The minimum atomic E-state index is -0.807. The summed E-state index contributed by atoms with van der Waals surface area (Å²) in [6.45, 7) is 11.2. The molecule has 0 heterocycles. The van der Waals surface area contributed by atoms with Crippen molar-refractivity contribution in [3.8, 4) is 0 Å². The summed E-state index contributed by atoms with van der Waals surface area (Å²) in [5.41, 5.74) is 2.03. The summed E-state index contributed by atoms with van der Waals surface area (Å²) in [5, 5.41) is 10.2. The van der Waals surface area contributed by atoms with Crippen molar-refractivity contribution < 1.29 is 14.7 Å². The van der Waals surface area contributed by atoms with E-state index in [1.165, 1.54) is 12.5 Å². The molecule has 3 heteroatoms. The van der Waals surface area contributed by atoms with E-state index in [2.05, 4.69) is 26.0 Å². The van der Waals surface area contributed by atoms with Gasteiger partial charge in [0.1, 0.15) is 11.6 Å². The first-order valence-electron chi connectivity index (χ1n) is 9.57. The molecule has 0 aromatic heterocycles. The van der Waals surface area contributed by atoms with Crippen molar-refractivity contribution in [3.05, 3.63) is 47.6 Å². The van der Waals surface area contributed by atoms with Crippen molar-refractivity contribution in [2.24, 2.45) is 11.8 Å². The van der Waals surface area contributed by atoms with E-state index in [0.717, 1.165) is 19.3 Å². The van der Waals surface area contributed by atoms with E-state index in [9.17, 15) is 14.7 Å². The van der Waals surface area contributed by atoms with Gasteiger partial charge < -0.3 is 5.11 Å². The van der Waals surface area contributed by atoms with Crippen LogP contribution in [0.1, 0.15) is 67.2 Å². The number of carbonyl (C=O) groups is 2. The molecule has 0 amide bonds. The molecule has 0 saturated carbocycles. The van der Waals surface area contributed by atoms with Gasteiger partial charge in [-0.15, -0.1) is 0 Å². The van der Waals surface area contributed by atoms with Crippen LogP contribution in [0.2, 0.25) is 0 Å². The third-order valence-corrected chi connectivity index (χ3v) is 4.69. The lowest BCUT2D eigenvalue weighted by atomic mass is 9.93. The van der Waals surface area contributed by atoms with Crippen LogP contribution in [0, 0.1) is 11.8 Å². The maximum Gasteiger partial charge on any atom is 0.138 e. The Balaban J connectivity index is 4.33. The average molecular weight is 361 g/mol. The van der Waals surface area contributed by atoms with E-state index in [-0.39, 0.29) is 29.8 Å². The van der Waals surface area contributed by atoms with E-state index < -0.39 is 6.10 Å². The van der Waals surface area contributed by atoms with Crippen LogP contribution in [-0.4, -0.2) is 22.8 Å². The molecule has 0 spiro atoms. The van der Waals surface area contributed by atoms with Gasteiger partial charge in [-0.2, -0.15) is 0 Å². The Morgan fingerprint density at radius 2 is 1.69 bits per heavy atom. The van der Waals surface area contributed by atoms with Crippen LogP contribution >= 0.6 is 0 Å². The van der Waals surface area contributed by atoms with Crippen LogP contribution in [0.4, 0.5) is 0 Å². The van der Waals surface area contributed by atoms with Crippen molar-refractivity contribution in [1.82, 2.24) is 0 Å². The van der Waals surface area contributed by atoms with Gasteiger partial charge in [0.25, 0.3) is 0 Å². The molecule has 0 aromatic rings. The number of allylic oxidation sites excluding steroid dienone is 7. The molecule has 3 atom stereocenters. The Bertz CT molecular complexity index is 564. The summed E-state index contributed by atoms with van der Waals surface area (Å²) >= 11 is 0. The number of carbonyl (C=O) groups excluding carboxylic acids is 2. The Morgan fingerprint density at radius 1 is 1.04 bits per heavy atom. The van der Waals surface area contributed by atoms with Gasteiger partial charge in [0.2, 0.25) is 0 Å². The first-order valence-corrected chi connectivity index (χ1v) is 9.57. The second-order valence-electron chi connectivity index (χ2n) is 7.15. The number of hydrogen-bond acceptors (Lipinski definition) is 3. The highest BCUT2D eigenvalue weighted by molar-refractivity contribution is 5.82. The molecule has 0 aromatic carbocycles. The highest BCUT2D eigenvalue weighted by atomic mass is 16.3. The van der Waals surface area contributed by atoms with Gasteiger partial charge in [-0.1, -0.05) is 62.8 Å². The van der Waals surface area contributed by atoms with E-state index >= 15 is 0 Å². The molecule has 0 saturated heterocycles. The topological polar surface area (TPSA) is 54.4 Å². The average Bonchev–Trinajstić information content (AvgIpc) is 2.59. The third kappa shape index (κ3) is 11.0. The Kier molecular flexibility index (Phi) is 12.6. The van der Waals surface area contributed by atoms with Crippen LogP contribution in [0.15, 0.2) is 47.6 Å². The summed E-state index contributed by atoms with van der Waals surface area (Å²) in [6.07, 6.45) is 13.9. The zero-order chi connectivity index (χ0) is 20.1. The van der Waals surface area contributed by atoms with Gasteiger partial charge in [-0.05, 0) is 45.6 Å². The fraction of sp³-hybridized carbons (Fsp3) is 0.565. The molecule has 146 valence electrons. The van der Waals surface area contributed by atoms with Crippen molar-refractivity contribution in [3.63, 3.8) is 0 Å². The fourth-order valence-corrected chi connectivity index (χ4v) is 2.26. The maximum absolute atomic E-state index is 12.3. The molecule has 1 N–H and O–H groups in total. The molecule has 26 heavy (non-hydrogen) atoms. The number of Topliss-reactive ketones (excluding diaryl/α,β-unsaturated/α-hetero) is 2.